The van der Waals surface area contributed by atoms with Gasteiger partial charge in [0.15, 0.2) is 5.82 Å². The second kappa shape index (κ2) is 6.86. The molecule has 1 fully saturated rings. The molecule has 0 bridgehead atoms. The van der Waals surface area contributed by atoms with Crippen LogP contribution in [0.1, 0.15) is 5.56 Å². The molecule has 0 saturated carbocycles. The molecule has 1 aliphatic heterocycles. The van der Waals surface area contributed by atoms with E-state index >= 15 is 0 Å². The van der Waals surface area contributed by atoms with Gasteiger partial charge in [-0.1, -0.05) is 12.2 Å². The molecule has 1 aromatic heterocycles. The Balaban J connectivity index is 1.84. The average Bonchev–Trinajstić information content (AvgIpc) is 2.40. The lowest BCUT2D eigenvalue weighted by atomic mass is 10.3. The summed E-state index contributed by atoms with van der Waals surface area (Å²) in [5, 5.41) is 11.1. The summed E-state index contributed by atoms with van der Waals surface area (Å²) in [6.45, 7) is 4.16. The van der Waals surface area contributed by atoms with Crippen LogP contribution in [-0.4, -0.2) is 57.8 Å². The number of rotatable bonds is 5. The summed E-state index contributed by atoms with van der Waals surface area (Å²) in [6, 6.07) is 1.79. The fraction of sp³-hybridized carbons (Fsp3) is 0.545. The zero-order chi connectivity index (χ0) is 12.8. The predicted octanol–water partition coefficient (Wildman–Crippen LogP) is 0.571. The van der Waals surface area contributed by atoms with Crippen molar-refractivity contribution in [2.24, 2.45) is 5.73 Å². The minimum absolute atomic E-state index is 0.349. The molecule has 98 valence electrons. The highest BCUT2D eigenvalue weighted by molar-refractivity contribution is 7.99. The topological polar surface area (TPSA) is 67.1 Å². The van der Waals surface area contributed by atoms with E-state index in [9.17, 15) is 0 Å². The molecular weight excluding hydrogens is 266 g/mol. The second-order valence-corrected chi connectivity index (χ2v) is 5.70. The van der Waals surface area contributed by atoms with Gasteiger partial charge in [-0.3, -0.25) is 4.90 Å². The van der Waals surface area contributed by atoms with Crippen LogP contribution in [0.4, 0.5) is 5.82 Å². The number of nitrogens with one attached hydrogen (secondary N) is 1. The Morgan fingerprint density at radius 1 is 1.50 bits per heavy atom. The lowest BCUT2D eigenvalue weighted by Gasteiger charge is -2.26. The molecule has 3 N–H and O–H groups in total. The van der Waals surface area contributed by atoms with E-state index in [1.54, 1.807) is 12.3 Å². The maximum atomic E-state index is 5.64. The summed E-state index contributed by atoms with van der Waals surface area (Å²) in [4.78, 5) is 2.79. The van der Waals surface area contributed by atoms with Gasteiger partial charge in [-0.2, -0.15) is 16.9 Å². The van der Waals surface area contributed by atoms with E-state index in [-0.39, 0.29) is 0 Å². The van der Waals surface area contributed by atoms with Gasteiger partial charge < -0.3 is 11.1 Å². The number of hydrogen-bond donors (Lipinski definition) is 2. The first-order valence-electron chi connectivity index (χ1n) is 5.93. The number of nitrogens with two attached hydrogens (primary N) is 1. The van der Waals surface area contributed by atoms with E-state index in [1.165, 1.54) is 11.5 Å². The van der Waals surface area contributed by atoms with Crippen LogP contribution in [0.5, 0.6) is 0 Å². The molecule has 0 atom stereocenters. The van der Waals surface area contributed by atoms with Crippen LogP contribution >= 0.6 is 24.0 Å². The molecule has 7 heteroatoms. The molecule has 2 heterocycles. The number of thiocarbonyl (C=S) groups is 1. The molecule has 0 radical (unpaired) electrons. The smallest absolute Gasteiger partial charge is 0.158 e. The van der Waals surface area contributed by atoms with E-state index in [1.807, 2.05) is 11.8 Å². The Bertz CT molecular complexity index is 406. The van der Waals surface area contributed by atoms with Crippen molar-refractivity contribution in [3.8, 4) is 0 Å². The maximum absolute atomic E-state index is 5.64. The van der Waals surface area contributed by atoms with Crippen LogP contribution in [0, 0.1) is 0 Å². The Morgan fingerprint density at radius 3 is 3.00 bits per heavy atom. The summed E-state index contributed by atoms with van der Waals surface area (Å²) in [5.74, 6) is 3.13. The Morgan fingerprint density at radius 2 is 2.28 bits per heavy atom. The van der Waals surface area contributed by atoms with Crippen molar-refractivity contribution in [3.63, 3.8) is 0 Å². The zero-order valence-electron chi connectivity index (χ0n) is 10.1. The number of anilines is 1. The van der Waals surface area contributed by atoms with Crippen molar-refractivity contribution in [3.05, 3.63) is 17.8 Å². The number of thioether (sulfide) groups is 1. The lowest BCUT2D eigenvalue weighted by molar-refractivity contribution is 0.314. The molecule has 0 amide bonds. The molecular formula is C11H17N5S2. The van der Waals surface area contributed by atoms with Crippen molar-refractivity contribution in [1.29, 1.82) is 0 Å². The van der Waals surface area contributed by atoms with Crippen LogP contribution in [0.25, 0.3) is 0 Å². The third-order valence-corrected chi connectivity index (χ3v) is 3.97. The van der Waals surface area contributed by atoms with Gasteiger partial charge >= 0.3 is 0 Å². The first kappa shape index (κ1) is 13.5. The zero-order valence-corrected chi connectivity index (χ0v) is 11.8. The Hall–Kier alpha value is -0.920. The average molecular weight is 283 g/mol. The van der Waals surface area contributed by atoms with Gasteiger partial charge in [0.25, 0.3) is 0 Å². The quantitative estimate of drug-likeness (QED) is 0.766. The fourth-order valence-electron chi connectivity index (χ4n) is 1.82. The van der Waals surface area contributed by atoms with Crippen molar-refractivity contribution in [2.75, 3.05) is 43.0 Å². The third kappa shape index (κ3) is 3.79. The van der Waals surface area contributed by atoms with E-state index in [0.29, 0.717) is 10.8 Å². The summed E-state index contributed by atoms with van der Waals surface area (Å²) in [6.07, 6.45) is 1.60. The number of hydrogen-bond acceptors (Lipinski definition) is 6. The minimum atomic E-state index is 0.349. The van der Waals surface area contributed by atoms with Crippen molar-refractivity contribution >= 4 is 34.8 Å². The van der Waals surface area contributed by atoms with Crippen molar-refractivity contribution in [2.45, 2.75) is 0 Å². The molecule has 0 unspecified atom stereocenters. The SMILES string of the molecule is NC(=S)c1ccnnc1NCCN1CCSCC1. The standard InChI is InChI=1S/C11H17N5S2/c12-10(17)9-1-2-14-15-11(9)13-3-4-16-5-7-18-8-6-16/h1-2H,3-8H2,(H2,12,17)(H,13,15). The summed E-state index contributed by atoms with van der Waals surface area (Å²) < 4.78 is 0. The van der Waals surface area contributed by atoms with Crippen LogP contribution in [-0.2, 0) is 0 Å². The van der Waals surface area contributed by atoms with Gasteiger partial charge in [0, 0.05) is 37.7 Å². The first-order chi connectivity index (χ1) is 8.77. The Kier molecular flexibility index (Phi) is 5.15. The largest absolute Gasteiger partial charge is 0.389 e. The monoisotopic (exact) mass is 283 g/mol. The highest BCUT2D eigenvalue weighted by Gasteiger charge is 2.10. The van der Waals surface area contributed by atoms with E-state index in [2.05, 4.69) is 20.4 Å². The van der Waals surface area contributed by atoms with Crippen LogP contribution in [0.3, 0.4) is 0 Å². The maximum Gasteiger partial charge on any atom is 0.158 e. The molecule has 1 saturated heterocycles. The van der Waals surface area contributed by atoms with Gasteiger partial charge in [-0.25, -0.2) is 0 Å². The highest BCUT2D eigenvalue weighted by Crippen LogP contribution is 2.11. The highest BCUT2D eigenvalue weighted by atomic mass is 32.2. The fourth-order valence-corrected chi connectivity index (χ4v) is 2.96. The van der Waals surface area contributed by atoms with Crippen molar-refractivity contribution < 1.29 is 0 Å². The van der Waals surface area contributed by atoms with Gasteiger partial charge in [0.05, 0.1) is 11.8 Å². The lowest BCUT2D eigenvalue weighted by Crippen LogP contribution is -2.36. The van der Waals surface area contributed by atoms with Crippen LogP contribution < -0.4 is 11.1 Å². The van der Waals surface area contributed by atoms with Crippen molar-refractivity contribution in [1.82, 2.24) is 15.1 Å². The molecule has 1 aliphatic rings. The van der Waals surface area contributed by atoms with Crippen LogP contribution in [0.2, 0.25) is 0 Å². The number of nitrogens with zero attached hydrogens (tertiary/aromatic N) is 3. The molecule has 1 aromatic rings. The summed E-state index contributed by atoms with van der Waals surface area (Å²) in [5.41, 5.74) is 6.40. The minimum Gasteiger partial charge on any atom is -0.389 e. The summed E-state index contributed by atoms with van der Waals surface area (Å²) in [7, 11) is 0. The van der Waals surface area contributed by atoms with E-state index < -0.39 is 0 Å². The van der Waals surface area contributed by atoms with Gasteiger partial charge in [-0.05, 0) is 6.07 Å². The number of aromatic nitrogens is 2. The molecule has 2 rings (SSSR count). The second-order valence-electron chi connectivity index (χ2n) is 4.04. The first-order valence-corrected chi connectivity index (χ1v) is 7.49. The molecule has 0 aromatic carbocycles. The Labute approximate surface area is 117 Å². The normalized spacial score (nSPS) is 16.4. The van der Waals surface area contributed by atoms with E-state index in [0.717, 1.165) is 31.7 Å². The molecule has 0 spiro atoms. The van der Waals surface area contributed by atoms with Gasteiger partial charge in [-0.15, -0.1) is 5.10 Å². The van der Waals surface area contributed by atoms with Gasteiger partial charge in [0.1, 0.15) is 4.99 Å². The van der Waals surface area contributed by atoms with Crippen LogP contribution in [0.15, 0.2) is 12.3 Å². The molecule has 5 nitrogen and oxygen atoms in total. The summed E-state index contributed by atoms with van der Waals surface area (Å²) >= 11 is 7.00. The third-order valence-electron chi connectivity index (χ3n) is 2.81. The van der Waals surface area contributed by atoms with E-state index in [4.69, 9.17) is 18.0 Å². The molecule has 0 aliphatic carbocycles. The molecule has 18 heavy (non-hydrogen) atoms. The van der Waals surface area contributed by atoms with Gasteiger partial charge in [0.2, 0.25) is 0 Å². The predicted molar refractivity (Wildman–Crippen MR) is 80.2 cm³/mol.